The van der Waals surface area contributed by atoms with Crippen molar-refractivity contribution < 1.29 is 33.3 Å². The molecule has 0 spiro atoms. The van der Waals surface area contributed by atoms with Crippen molar-refractivity contribution in [3.8, 4) is 23.0 Å². The number of nitrogens with one attached hydrogen (secondary N) is 1. The Balaban J connectivity index is 1.35. The van der Waals surface area contributed by atoms with Gasteiger partial charge in [0.1, 0.15) is 6.04 Å². The van der Waals surface area contributed by atoms with E-state index < -0.39 is 12.1 Å². The van der Waals surface area contributed by atoms with Crippen molar-refractivity contribution in [2.45, 2.75) is 38.4 Å². The summed E-state index contributed by atoms with van der Waals surface area (Å²) in [5.41, 5.74) is 2.87. The number of ether oxygens (including phenoxy) is 4. The maximum atomic E-state index is 12.9. The van der Waals surface area contributed by atoms with Gasteiger partial charge in [0.2, 0.25) is 5.91 Å². The molecular weight excluding hydrogens is 466 g/mol. The van der Waals surface area contributed by atoms with Crippen LogP contribution in [-0.4, -0.2) is 68.7 Å². The monoisotopic (exact) mass is 497 g/mol. The molecule has 2 aliphatic heterocycles. The van der Waals surface area contributed by atoms with E-state index >= 15 is 0 Å². The average molecular weight is 498 g/mol. The van der Waals surface area contributed by atoms with Gasteiger partial charge in [-0.05, 0) is 53.8 Å². The Morgan fingerprint density at radius 1 is 0.917 bits per heavy atom. The summed E-state index contributed by atoms with van der Waals surface area (Å²) in [6.45, 7) is 1.15. The molecule has 10 nitrogen and oxygen atoms in total. The normalized spacial score (nSPS) is 16.9. The number of hydrogen-bond acceptors (Lipinski definition) is 7. The molecule has 0 unspecified atom stereocenters. The molecule has 36 heavy (non-hydrogen) atoms. The maximum absolute atomic E-state index is 12.9. The number of imide groups is 1. The summed E-state index contributed by atoms with van der Waals surface area (Å²) < 4.78 is 21.3. The molecule has 0 bridgehead atoms. The Morgan fingerprint density at radius 2 is 1.56 bits per heavy atom. The first kappa shape index (κ1) is 25.2. The molecular formula is C26H31N3O7. The lowest BCUT2D eigenvalue weighted by Gasteiger charge is -2.30. The molecule has 10 heteroatoms. The zero-order chi connectivity index (χ0) is 25.8. The maximum Gasteiger partial charge on any atom is 0.325 e. The highest BCUT2D eigenvalue weighted by atomic mass is 16.5. The highest BCUT2D eigenvalue weighted by Gasteiger charge is 2.38. The van der Waals surface area contributed by atoms with Gasteiger partial charge in [-0.25, -0.2) is 4.79 Å². The van der Waals surface area contributed by atoms with Gasteiger partial charge in [-0.15, -0.1) is 0 Å². The van der Waals surface area contributed by atoms with Crippen molar-refractivity contribution in [2.75, 3.05) is 35.0 Å². The number of nitrogens with zero attached hydrogens (tertiary/aromatic N) is 2. The van der Waals surface area contributed by atoms with Crippen LogP contribution in [-0.2, 0) is 29.1 Å². The number of benzene rings is 2. The predicted octanol–water partition coefficient (Wildman–Crippen LogP) is 2.51. The smallest absolute Gasteiger partial charge is 0.325 e. The van der Waals surface area contributed by atoms with Gasteiger partial charge in [0.05, 0.1) is 35.0 Å². The van der Waals surface area contributed by atoms with E-state index in [9.17, 15) is 14.4 Å². The van der Waals surface area contributed by atoms with E-state index in [4.69, 9.17) is 18.9 Å². The first-order valence-corrected chi connectivity index (χ1v) is 11.7. The van der Waals surface area contributed by atoms with Gasteiger partial charge < -0.3 is 29.2 Å². The van der Waals surface area contributed by atoms with Crippen LogP contribution in [0.1, 0.15) is 29.5 Å². The van der Waals surface area contributed by atoms with E-state index in [1.807, 2.05) is 12.1 Å². The minimum atomic E-state index is -0.733. The molecule has 1 fully saturated rings. The molecule has 2 aliphatic rings. The van der Waals surface area contributed by atoms with E-state index in [0.717, 1.165) is 21.6 Å². The SMILES string of the molecule is COc1ccc(CN2C(=O)N[C@H](CCC(=O)N3CCc4cc(OC)c(OC)cc4C3)C2=O)cc1OC. The number of carbonyl (C=O) groups excluding carboxylic acids is 3. The van der Waals surface area contributed by atoms with E-state index in [2.05, 4.69) is 5.32 Å². The largest absolute Gasteiger partial charge is 0.493 e. The van der Waals surface area contributed by atoms with Crippen LogP contribution in [0.25, 0.3) is 0 Å². The van der Waals surface area contributed by atoms with Crippen molar-refractivity contribution in [3.05, 3.63) is 47.0 Å². The standard InChI is InChI=1S/C26H31N3O7/c1-33-20-7-5-16(11-21(20)34-2)14-29-25(31)19(27-26(29)32)6-8-24(30)28-10-9-17-12-22(35-3)23(36-4)13-18(17)15-28/h5,7,11-13,19H,6,8-10,14-15H2,1-4H3,(H,27,32)/t19-/m1/s1. The lowest BCUT2D eigenvalue weighted by Crippen LogP contribution is -2.37. The second-order valence-corrected chi connectivity index (χ2v) is 8.70. The first-order valence-electron chi connectivity index (χ1n) is 11.7. The quantitative estimate of drug-likeness (QED) is 0.531. The number of amides is 4. The summed E-state index contributed by atoms with van der Waals surface area (Å²) in [4.78, 5) is 41.3. The van der Waals surface area contributed by atoms with Gasteiger partial charge in [0.15, 0.2) is 23.0 Å². The molecule has 2 aromatic rings. The highest BCUT2D eigenvalue weighted by molar-refractivity contribution is 6.04. The Hall–Kier alpha value is -3.95. The van der Waals surface area contributed by atoms with Crippen LogP contribution in [0.15, 0.2) is 30.3 Å². The van der Waals surface area contributed by atoms with Gasteiger partial charge in [-0.1, -0.05) is 6.07 Å². The Labute approximate surface area is 210 Å². The van der Waals surface area contributed by atoms with E-state index in [1.165, 1.54) is 14.2 Å². The minimum absolute atomic E-state index is 0.0594. The van der Waals surface area contributed by atoms with Gasteiger partial charge in [0.25, 0.3) is 5.91 Å². The molecule has 1 saturated heterocycles. The summed E-state index contributed by atoms with van der Waals surface area (Å²) >= 11 is 0. The molecule has 0 radical (unpaired) electrons. The highest BCUT2D eigenvalue weighted by Crippen LogP contribution is 2.33. The molecule has 4 amide bonds. The van der Waals surface area contributed by atoms with E-state index in [0.29, 0.717) is 42.5 Å². The van der Waals surface area contributed by atoms with Crippen LogP contribution in [0, 0.1) is 0 Å². The Morgan fingerprint density at radius 3 is 2.22 bits per heavy atom. The molecule has 1 atom stereocenters. The fraction of sp³-hybridized carbons (Fsp3) is 0.423. The van der Waals surface area contributed by atoms with Crippen molar-refractivity contribution in [1.82, 2.24) is 15.1 Å². The Bertz CT molecular complexity index is 1170. The number of carbonyl (C=O) groups is 3. The van der Waals surface area contributed by atoms with Gasteiger partial charge >= 0.3 is 6.03 Å². The molecule has 0 aliphatic carbocycles. The average Bonchev–Trinajstić information content (AvgIpc) is 3.17. The van der Waals surface area contributed by atoms with Crippen LogP contribution >= 0.6 is 0 Å². The summed E-state index contributed by atoms with van der Waals surface area (Å²) in [7, 11) is 6.24. The fourth-order valence-corrected chi connectivity index (χ4v) is 4.61. The van der Waals surface area contributed by atoms with Gasteiger partial charge in [-0.3, -0.25) is 14.5 Å². The van der Waals surface area contributed by atoms with Crippen molar-refractivity contribution >= 4 is 17.8 Å². The lowest BCUT2D eigenvalue weighted by molar-refractivity contribution is -0.132. The topological polar surface area (TPSA) is 107 Å². The second-order valence-electron chi connectivity index (χ2n) is 8.70. The number of hydrogen-bond donors (Lipinski definition) is 1. The molecule has 0 aromatic heterocycles. The Kier molecular flexibility index (Phi) is 7.52. The third kappa shape index (κ3) is 5.02. The number of rotatable bonds is 9. The van der Waals surface area contributed by atoms with Crippen molar-refractivity contribution in [2.24, 2.45) is 0 Å². The zero-order valence-corrected chi connectivity index (χ0v) is 21.0. The number of urea groups is 1. The first-order chi connectivity index (χ1) is 17.4. The summed E-state index contributed by atoms with van der Waals surface area (Å²) in [5.74, 6) is 1.97. The molecule has 192 valence electrons. The van der Waals surface area contributed by atoms with Crippen LogP contribution in [0.3, 0.4) is 0 Å². The number of methoxy groups -OCH3 is 4. The van der Waals surface area contributed by atoms with E-state index in [-0.39, 0.29) is 31.2 Å². The van der Waals surface area contributed by atoms with Gasteiger partial charge in [-0.2, -0.15) is 0 Å². The summed E-state index contributed by atoms with van der Waals surface area (Å²) in [6, 6.07) is 7.89. The summed E-state index contributed by atoms with van der Waals surface area (Å²) in [5, 5.41) is 2.71. The molecule has 1 N–H and O–H groups in total. The van der Waals surface area contributed by atoms with Crippen LogP contribution < -0.4 is 24.3 Å². The van der Waals surface area contributed by atoms with Crippen LogP contribution in [0.2, 0.25) is 0 Å². The lowest BCUT2D eigenvalue weighted by atomic mass is 9.98. The molecule has 2 heterocycles. The third-order valence-corrected chi connectivity index (χ3v) is 6.61. The number of fused-ring (bicyclic) bond motifs is 1. The fourth-order valence-electron chi connectivity index (χ4n) is 4.61. The zero-order valence-electron chi connectivity index (χ0n) is 21.0. The summed E-state index contributed by atoms with van der Waals surface area (Å²) in [6.07, 6.45) is 1.10. The van der Waals surface area contributed by atoms with E-state index in [1.54, 1.807) is 37.3 Å². The third-order valence-electron chi connectivity index (χ3n) is 6.61. The van der Waals surface area contributed by atoms with Crippen molar-refractivity contribution in [1.29, 1.82) is 0 Å². The molecule has 0 saturated carbocycles. The molecule has 4 rings (SSSR count). The second kappa shape index (κ2) is 10.8. The van der Waals surface area contributed by atoms with Gasteiger partial charge in [0, 0.05) is 19.5 Å². The van der Waals surface area contributed by atoms with Crippen LogP contribution in [0.4, 0.5) is 4.79 Å². The minimum Gasteiger partial charge on any atom is -0.493 e. The molecule has 2 aromatic carbocycles. The van der Waals surface area contributed by atoms with Crippen molar-refractivity contribution in [3.63, 3.8) is 0 Å². The predicted molar refractivity (Wildman–Crippen MR) is 130 cm³/mol. The van der Waals surface area contributed by atoms with Crippen LogP contribution in [0.5, 0.6) is 23.0 Å².